The second-order valence-electron chi connectivity index (χ2n) is 15.3. The third kappa shape index (κ3) is 4.17. The predicted octanol–water partition coefficient (Wildman–Crippen LogP) is 14.1. The van der Waals surface area contributed by atoms with Crippen molar-refractivity contribution in [3.05, 3.63) is 181 Å². The van der Waals surface area contributed by atoms with Crippen LogP contribution in [-0.4, -0.2) is 4.57 Å². The van der Waals surface area contributed by atoms with Crippen LogP contribution in [0.4, 0.5) is 17.1 Å². The zero-order chi connectivity index (χ0) is 36.4. The molecular weight excluding hydrogens is 673 g/mol. The summed E-state index contributed by atoms with van der Waals surface area (Å²) in [6, 6.07) is 61.0. The molecule has 55 heavy (non-hydrogen) atoms. The van der Waals surface area contributed by atoms with Crippen molar-refractivity contribution in [3.63, 3.8) is 0 Å². The first-order valence-electron chi connectivity index (χ1n) is 18.9. The molecule has 0 atom stereocenters. The lowest BCUT2D eigenvalue weighted by Gasteiger charge is -2.32. The normalized spacial score (nSPS) is 13.7. The Morgan fingerprint density at radius 1 is 0.455 bits per heavy atom. The van der Waals surface area contributed by atoms with Gasteiger partial charge >= 0.3 is 0 Å². The van der Waals surface area contributed by atoms with Crippen molar-refractivity contribution in [1.82, 2.24) is 4.57 Å². The quantitative estimate of drug-likeness (QED) is 0.178. The molecule has 2 aliphatic heterocycles. The van der Waals surface area contributed by atoms with E-state index in [4.69, 9.17) is 9.47 Å². The van der Waals surface area contributed by atoms with Gasteiger partial charge in [0.15, 0.2) is 23.0 Å². The van der Waals surface area contributed by atoms with Crippen LogP contribution in [0.15, 0.2) is 170 Å². The molecule has 4 nitrogen and oxygen atoms in total. The minimum Gasteiger partial charge on any atom is -0.453 e. The molecule has 3 aliphatic rings. The van der Waals surface area contributed by atoms with E-state index in [1.165, 1.54) is 39.1 Å². The number of fused-ring (bicyclic) bond motifs is 4. The number of anilines is 3. The molecule has 260 valence electrons. The Bertz CT molecular complexity index is 3050. The van der Waals surface area contributed by atoms with Crippen LogP contribution in [0, 0.1) is 0 Å². The van der Waals surface area contributed by atoms with Gasteiger partial charge in [-0.1, -0.05) is 129 Å². The zero-order valence-electron chi connectivity index (χ0n) is 30.4. The van der Waals surface area contributed by atoms with Crippen LogP contribution in [-0.2, 0) is 5.41 Å². The lowest BCUT2D eigenvalue weighted by atomic mass is 9.81. The van der Waals surface area contributed by atoms with Crippen molar-refractivity contribution in [2.75, 3.05) is 4.90 Å². The van der Waals surface area contributed by atoms with E-state index < -0.39 is 0 Å². The maximum atomic E-state index is 6.83. The largest absolute Gasteiger partial charge is 0.453 e. The van der Waals surface area contributed by atoms with E-state index in [0.717, 1.165) is 73.0 Å². The van der Waals surface area contributed by atoms with E-state index in [0.29, 0.717) is 0 Å². The lowest BCUT2D eigenvalue weighted by Crippen LogP contribution is -2.20. The molecule has 0 saturated carbocycles. The maximum Gasteiger partial charge on any atom is 0.160 e. The number of hydrogen-bond donors (Lipinski definition) is 0. The van der Waals surface area contributed by atoms with Crippen LogP contribution in [0.5, 0.6) is 23.0 Å². The molecule has 0 fully saturated rings. The molecule has 1 aromatic heterocycles. The Morgan fingerprint density at radius 2 is 1.07 bits per heavy atom. The smallest absolute Gasteiger partial charge is 0.160 e. The van der Waals surface area contributed by atoms with Crippen molar-refractivity contribution in [2.24, 2.45) is 0 Å². The Morgan fingerprint density at radius 3 is 1.87 bits per heavy atom. The van der Waals surface area contributed by atoms with Gasteiger partial charge in [0.05, 0.1) is 16.7 Å². The molecule has 3 heterocycles. The third-order valence-corrected chi connectivity index (χ3v) is 12.0. The third-order valence-electron chi connectivity index (χ3n) is 12.0. The van der Waals surface area contributed by atoms with Gasteiger partial charge < -0.3 is 14.4 Å². The molecule has 0 spiro atoms. The first-order chi connectivity index (χ1) is 27.0. The highest BCUT2D eigenvalue weighted by Crippen LogP contribution is 2.57. The Labute approximate surface area is 319 Å². The van der Waals surface area contributed by atoms with E-state index in [2.05, 4.69) is 175 Å². The van der Waals surface area contributed by atoms with Crippen molar-refractivity contribution < 1.29 is 9.47 Å². The molecule has 0 radical (unpaired) electrons. The molecule has 9 aromatic rings. The number of para-hydroxylation sites is 2. The van der Waals surface area contributed by atoms with Crippen LogP contribution in [0.1, 0.15) is 25.0 Å². The first kappa shape index (κ1) is 30.4. The summed E-state index contributed by atoms with van der Waals surface area (Å²) >= 11 is 0. The van der Waals surface area contributed by atoms with E-state index >= 15 is 0 Å². The van der Waals surface area contributed by atoms with E-state index in [-0.39, 0.29) is 5.41 Å². The van der Waals surface area contributed by atoms with Crippen molar-refractivity contribution in [1.29, 1.82) is 0 Å². The molecule has 0 bridgehead atoms. The highest BCUT2D eigenvalue weighted by molar-refractivity contribution is 6.16. The van der Waals surface area contributed by atoms with Gasteiger partial charge in [-0.2, -0.15) is 0 Å². The number of ether oxygens (including phenoxy) is 2. The minimum atomic E-state index is -0.178. The number of rotatable bonds is 5. The van der Waals surface area contributed by atoms with Crippen molar-refractivity contribution >= 4 is 38.9 Å². The topological polar surface area (TPSA) is 26.6 Å². The summed E-state index contributed by atoms with van der Waals surface area (Å²) in [7, 11) is 0. The SMILES string of the molecule is CC1(C)c2ccccc2-c2cccc(N(c3ccc(-c4ccccc4)cc3)c3ccc(-c4ccc5c6cccc7c6n6c5c4Oc4cccc(c4-6)O7)cc3)c21. The van der Waals surface area contributed by atoms with Crippen LogP contribution in [0.2, 0.25) is 0 Å². The number of hydrogen-bond acceptors (Lipinski definition) is 3. The molecule has 0 amide bonds. The summed E-state index contributed by atoms with van der Waals surface area (Å²) in [5, 5.41) is 2.32. The molecule has 1 aliphatic carbocycles. The van der Waals surface area contributed by atoms with Gasteiger partial charge in [0.25, 0.3) is 0 Å². The summed E-state index contributed by atoms with van der Waals surface area (Å²) in [4.78, 5) is 2.43. The van der Waals surface area contributed by atoms with Gasteiger partial charge in [0, 0.05) is 33.1 Å². The van der Waals surface area contributed by atoms with Gasteiger partial charge in [-0.05, 0) is 93.5 Å². The molecule has 0 unspecified atom stereocenters. The highest BCUT2D eigenvalue weighted by Gasteiger charge is 2.39. The van der Waals surface area contributed by atoms with Crippen LogP contribution >= 0.6 is 0 Å². The summed E-state index contributed by atoms with van der Waals surface area (Å²) < 4.78 is 15.6. The standard InChI is InChI=1S/C51H34N2O2/c1-51(2)41-16-7-6-13-37(41)38-14-8-17-42(46(38)51)52(34-25-21-32(22-26-34)31-11-4-3-5-12-31)35-27-23-33(24-28-35)36-29-30-40-39-15-9-18-43-47(39)53-48(40)50(36)55-45-20-10-19-44(54-43)49(45)53/h3-30H,1-2H3. The second kappa shape index (κ2) is 11.0. The molecule has 12 rings (SSSR count). The number of benzene rings is 8. The monoisotopic (exact) mass is 706 g/mol. The Hall–Kier alpha value is -7.04. The molecule has 8 aromatic carbocycles. The summed E-state index contributed by atoms with van der Waals surface area (Å²) in [6.07, 6.45) is 0. The fourth-order valence-electron chi connectivity index (χ4n) is 9.50. The average Bonchev–Trinajstić information content (AvgIpc) is 3.70. The van der Waals surface area contributed by atoms with Crippen molar-refractivity contribution in [2.45, 2.75) is 19.3 Å². The van der Waals surface area contributed by atoms with E-state index in [1.54, 1.807) is 0 Å². The summed E-state index contributed by atoms with van der Waals surface area (Å²) in [5.74, 6) is 3.35. The fraction of sp³-hybridized carbons (Fsp3) is 0.0588. The highest BCUT2D eigenvalue weighted by atomic mass is 16.5. The van der Waals surface area contributed by atoms with Gasteiger partial charge in [-0.25, -0.2) is 0 Å². The van der Waals surface area contributed by atoms with Crippen molar-refractivity contribution in [3.8, 4) is 62.1 Å². The molecule has 0 N–H and O–H groups in total. The van der Waals surface area contributed by atoms with Crippen LogP contribution < -0.4 is 14.4 Å². The van der Waals surface area contributed by atoms with Crippen LogP contribution in [0.25, 0.3) is 60.9 Å². The van der Waals surface area contributed by atoms with Gasteiger partial charge in [-0.15, -0.1) is 0 Å². The predicted molar refractivity (Wildman–Crippen MR) is 224 cm³/mol. The summed E-state index contributed by atoms with van der Waals surface area (Å²) in [6.45, 7) is 4.72. The summed E-state index contributed by atoms with van der Waals surface area (Å²) in [5.41, 5.74) is 16.2. The fourth-order valence-corrected chi connectivity index (χ4v) is 9.50. The Balaban J connectivity index is 1.03. The minimum absolute atomic E-state index is 0.178. The molecule has 4 heteroatoms. The number of aromatic nitrogens is 1. The zero-order valence-corrected chi connectivity index (χ0v) is 30.4. The Kier molecular flexibility index (Phi) is 6.09. The van der Waals surface area contributed by atoms with Crippen LogP contribution in [0.3, 0.4) is 0 Å². The van der Waals surface area contributed by atoms with Gasteiger partial charge in [0.2, 0.25) is 0 Å². The molecule has 0 saturated heterocycles. The lowest BCUT2D eigenvalue weighted by molar-refractivity contribution is 0.445. The van der Waals surface area contributed by atoms with Gasteiger partial charge in [0.1, 0.15) is 5.69 Å². The van der Waals surface area contributed by atoms with E-state index in [1.807, 2.05) is 18.2 Å². The van der Waals surface area contributed by atoms with E-state index in [9.17, 15) is 0 Å². The average molecular weight is 707 g/mol. The number of nitrogens with zero attached hydrogens (tertiary/aromatic N) is 2. The maximum absolute atomic E-state index is 6.83. The first-order valence-corrected chi connectivity index (χ1v) is 18.9. The second-order valence-corrected chi connectivity index (χ2v) is 15.3. The molecular formula is C51H34N2O2. The van der Waals surface area contributed by atoms with Gasteiger partial charge in [-0.3, -0.25) is 4.57 Å².